The molecule has 5 heteroatoms. The van der Waals surface area contributed by atoms with Gasteiger partial charge in [0.2, 0.25) is 0 Å². The first-order valence-corrected chi connectivity index (χ1v) is 7.97. The number of aromatic nitrogens is 1. The van der Waals surface area contributed by atoms with Crippen molar-refractivity contribution in [3.63, 3.8) is 0 Å². The van der Waals surface area contributed by atoms with Crippen molar-refractivity contribution >= 4 is 22.9 Å². The Labute approximate surface area is 133 Å². The number of hydrogen-bond acceptors (Lipinski definition) is 4. The summed E-state index contributed by atoms with van der Waals surface area (Å²) in [5.41, 5.74) is 10.00. The van der Waals surface area contributed by atoms with Gasteiger partial charge in [-0.15, -0.1) is 0 Å². The molecule has 0 spiro atoms. The lowest BCUT2D eigenvalue weighted by Gasteiger charge is -2.36. The van der Waals surface area contributed by atoms with E-state index in [1.54, 1.807) is 0 Å². The second-order valence-corrected chi connectivity index (χ2v) is 6.74. The molecule has 4 nitrogen and oxygen atoms in total. The fourth-order valence-electron chi connectivity index (χ4n) is 3.23. The second kappa shape index (κ2) is 6.71. The zero-order valence-electron chi connectivity index (χ0n) is 13.5. The van der Waals surface area contributed by atoms with Crippen molar-refractivity contribution < 1.29 is 0 Å². The first-order chi connectivity index (χ1) is 9.88. The number of anilines is 1. The van der Waals surface area contributed by atoms with E-state index in [1.807, 2.05) is 13.8 Å². The molecule has 21 heavy (non-hydrogen) atoms. The quantitative estimate of drug-likeness (QED) is 0.863. The monoisotopic (exact) mass is 306 g/mol. The van der Waals surface area contributed by atoms with Crippen LogP contribution in [0.5, 0.6) is 0 Å². The molecule has 0 aromatic carbocycles. The third kappa shape index (κ3) is 3.92. The van der Waals surface area contributed by atoms with Gasteiger partial charge in [0, 0.05) is 31.0 Å². The first kappa shape index (κ1) is 16.2. The third-order valence-electron chi connectivity index (χ3n) is 4.13. The van der Waals surface area contributed by atoms with Crippen LogP contribution in [0, 0.1) is 19.8 Å². The molecule has 0 bridgehead atoms. The standard InChI is InChI=1S/C16H26N4S/c1-11-9-14(15(16(17)21)12(2)18-11)20-7-5-13(6-8-20)10-19(3)4/h9,13H,5-8,10H2,1-4H3,(H2,17,21). The third-order valence-corrected chi connectivity index (χ3v) is 4.34. The summed E-state index contributed by atoms with van der Waals surface area (Å²) in [5, 5.41) is 0. The molecule has 0 unspecified atom stereocenters. The van der Waals surface area contributed by atoms with Gasteiger partial charge in [-0.25, -0.2) is 0 Å². The van der Waals surface area contributed by atoms with Gasteiger partial charge in [-0.05, 0) is 52.8 Å². The molecule has 0 radical (unpaired) electrons. The maximum atomic E-state index is 5.92. The lowest BCUT2D eigenvalue weighted by Crippen LogP contribution is -2.38. The largest absolute Gasteiger partial charge is 0.389 e. The predicted octanol–water partition coefficient (Wildman–Crippen LogP) is 2.11. The molecular formula is C16H26N4S. The second-order valence-electron chi connectivity index (χ2n) is 6.30. The summed E-state index contributed by atoms with van der Waals surface area (Å²) in [6.45, 7) is 7.32. The highest BCUT2D eigenvalue weighted by molar-refractivity contribution is 7.80. The molecule has 1 aromatic rings. The smallest absolute Gasteiger partial charge is 0.107 e. The summed E-state index contributed by atoms with van der Waals surface area (Å²) < 4.78 is 0. The van der Waals surface area contributed by atoms with Crippen LogP contribution in [-0.2, 0) is 0 Å². The number of pyridine rings is 1. The normalized spacial score (nSPS) is 16.5. The summed E-state index contributed by atoms with van der Waals surface area (Å²) in [6, 6.07) is 2.12. The average Bonchev–Trinajstić information content (AvgIpc) is 2.37. The number of thiocarbonyl (C=S) groups is 1. The van der Waals surface area contributed by atoms with Gasteiger partial charge in [0.05, 0.1) is 11.3 Å². The number of hydrogen-bond donors (Lipinski definition) is 1. The minimum Gasteiger partial charge on any atom is -0.389 e. The van der Waals surface area contributed by atoms with E-state index in [0.29, 0.717) is 4.99 Å². The van der Waals surface area contributed by atoms with Gasteiger partial charge in [0.15, 0.2) is 0 Å². The zero-order chi connectivity index (χ0) is 15.6. The number of piperidine rings is 1. The number of nitrogens with zero attached hydrogens (tertiary/aromatic N) is 3. The topological polar surface area (TPSA) is 45.4 Å². The molecular weight excluding hydrogens is 280 g/mol. The van der Waals surface area contributed by atoms with Crippen molar-refractivity contribution in [3.05, 3.63) is 23.0 Å². The van der Waals surface area contributed by atoms with Crippen LogP contribution in [0.4, 0.5) is 5.69 Å². The number of rotatable bonds is 4. The van der Waals surface area contributed by atoms with Gasteiger partial charge in [-0.2, -0.15) is 0 Å². The van der Waals surface area contributed by atoms with Crippen LogP contribution in [0.15, 0.2) is 6.07 Å². The Morgan fingerprint density at radius 3 is 2.52 bits per heavy atom. The van der Waals surface area contributed by atoms with Crippen molar-refractivity contribution in [1.29, 1.82) is 0 Å². The van der Waals surface area contributed by atoms with Gasteiger partial charge in [0.1, 0.15) is 4.99 Å². The van der Waals surface area contributed by atoms with E-state index in [4.69, 9.17) is 18.0 Å². The lowest BCUT2D eigenvalue weighted by atomic mass is 9.95. The molecule has 1 aliphatic heterocycles. The summed E-state index contributed by atoms with van der Waals surface area (Å²) in [4.78, 5) is 9.65. The van der Waals surface area contributed by atoms with Crippen LogP contribution < -0.4 is 10.6 Å². The minimum atomic E-state index is 0.449. The van der Waals surface area contributed by atoms with E-state index in [9.17, 15) is 0 Å². The van der Waals surface area contributed by atoms with E-state index in [0.717, 1.165) is 41.6 Å². The number of nitrogens with two attached hydrogens (primary N) is 1. The van der Waals surface area contributed by atoms with Crippen LogP contribution in [0.3, 0.4) is 0 Å². The molecule has 2 N–H and O–H groups in total. The van der Waals surface area contributed by atoms with Crippen LogP contribution in [0.1, 0.15) is 29.8 Å². The Hall–Kier alpha value is -1.20. The van der Waals surface area contributed by atoms with Crippen LogP contribution >= 0.6 is 12.2 Å². The summed E-state index contributed by atoms with van der Waals surface area (Å²) in [7, 11) is 4.29. The van der Waals surface area contributed by atoms with Gasteiger partial charge < -0.3 is 15.5 Å². The van der Waals surface area contributed by atoms with Gasteiger partial charge in [-0.3, -0.25) is 4.98 Å². The fraction of sp³-hybridized carbons (Fsp3) is 0.625. The fourth-order valence-corrected chi connectivity index (χ4v) is 3.49. The SMILES string of the molecule is Cc1cc(N2CCC(CN(C)C)CC2)c(C(N)=S)c(C)n1. The molecule has 0 amide bonds. The van der Waals surface area contributed by atoms with Gasteiger partial charge in [0.25, 0.3) is 0 Å². The molecule has 116 valence electrons. The molecule has 0 atom stereocenters. The van der Waals surface area contributed by atoms with Crippen LogP contribution in [0.2, 0.25) is 0 Å². The predicted molar refractivity (Wildman–Crippen MR) is 93.1 cm³/mol. The minimum absolute atomic E-state index is 0.449. The van der Waals surface area contributed by atoms with Crippen molar-refractivity contribution in [3.8, 4) is 0 Å². The Morgan fingerprint density at radius 1 is 1.38 bits per heavy atom. The summed E-state index contributed by atoms with van der Waals surface area (Å²) in [6.07, 6.45) is 2.44. The average molecular weight is 306 g/mol. The molecule has 1 aliphatic rings. The lowest BCUT2D eigenvalue weighted by molar-refractivity contribution is 0.285. The van der Waals surface area contributed by atoms with Crippen molar-refractivity contribution in [2.24, 2.45) is 11.7 Å². The highest BCUT2D eigenvalue weighted by atomic mass is 32.1. The van der Waals surface area contributed by atoms with Crippen molar-refractivity contribution in [1.82, 2.24) is 9.88 Å². The molecule has 1 fully saturated rings. The van der Waals surface area contributed by atoms with Crippen LogP contribution in [0.25, 0.3) is 0 Å². The molecule has 1 saturated heterocycles. The molecule has 0 saturated carbocycles. The van der Waals surface area contributed by atoms with E-state index in [1.165, 1.54) is 19.4 Å². The molecule has 0 aliphatic carbocycles. The van der Waals surface area contributed by atoms with E-state index in [2.05, 4.69) is 34.9 Å². The van der Waals surface area contributed by atoms with Gasteiger partial charge >= 0.3 is 0 Å². The number of aryl methyl sites for hydroxylation is 2. The summed E-state index contributed by atoms with van der Waals surface area (Å²) >= 11 is 5.23. The first-order valence-electron chi connectivity index (χ1n) is 7.56. The molecule has 2 rings (SSSR count). The highest BCUT2D eigenvalue weighted by Gasteiger charge is 2.23. The van der Waals surface area contributed by atoms with E-state index >= 15 is 0 Å². The molecule has 2 heterocycles. The Morgan fingerprint density at radius 2 is 2.00 bits per heavy atom. The zero-order valence-corrected chi connectivity index (χ0v) is 14.3. The maximum absolute atomic E-state index is 5.92. The maximum Gasteiger partial charge on any atom is 0.107 e. The Balaban J connectivity index is 2.18. The van der Waals surface area contributed by atoms with E-state index < -0.39 is 0 Å². The van der Waals surface area contributed by atoms with Crippen molar-refractivity contribution in [2.75, 3.05) is 38.6 Å². The van der Waals surface area contributed by atoms with Crippen LogP contribution in [-0.4, -0.2) is 48.6 Å². The summed E-state index contributed by atoms with van der Waals surface area (Å²) in [5.74, 6) is 0.786. The highest BCUT2D eigenvalue weighted by Crippen LogP contribution is 2.28. The van der Waals surface area contributed by atoms with Crippen molar-refractivity contribution in [2.45, 2.75) is 26.7 Å². The Bertz CT molecular complexity index is 519. The van der Waals surface area contributed by atoms with E-state index in [-0.39, 0.29) is 0 Å². The Kier molecular flexibility index (Phi) is 5.17. The molecule has 1 aromatic heterocycles. The van der Waals surface area contributed by atoms with Gasteiger partial charge in [-0.1, -0.05) is 12.2 Å².